The van der Waals surface area contributed by atoms with E-state index in [-0.39, 0.29) is 0 Å². The van der Waals surface area contributed by atoms with Crippen LogP contribution in [-0.4, -0.2) is 9.97 Å². The van der Waals surface area contributed by atoms with Crippen molar-refractivity contribution in [1.29, 1.82) is 0 Å². The van der Waals surface area contributed by atoms with Gasteiger partial charge in [0, 0.05) is 11.9 Å². The van der Waals surface area contributed by atoms with Gasteiger partial charge in [0.1, 0.15) is 0 Å². The average Bonchev–Trinajstić information content (AvgIpc) is 2.58. The van der Waals surface area contributed by atoms with Crippen LogP contribution >= 0.6 is 0 Å². The van der Waals surface area contributed by atoms with E-state index >= 15 is 0 Å². The molecule has 0 unspecified atom stereocenters. The number of aromatic amines is 1. The molecule has 0 saturated carbocycles. The lowest BCUT2D eigenvalue weighted by Gasteiger charge is -1.82. The van der Waals surface area contributed by atoms with Crippen LogP contribution in [0.25, 0.3) is 0 Å². The van der Waals surface area contributed by atoms with Crippen LogP contribution in [0.5, 0.6) is 0 Å². The molecule has 2 aromatic rings. The summed E-state index contributed by atoms with van der Waals surface area (Å²) in [5.41, 5.74) is 2.43. The first-order chi connectivity index (χ1) is 6.29. The molecule has 0 aliphatic heterocycles. The molecule has 1 N–H and O–H groups in total. The second-order valence-corrected chi connectivity index (χ2v) is 2.89. The van der Waals surface area contributed by atoms with Gasteiger partial charge in [-0.05, 0) is 13.8 Å². The Morgan fingerprint density at radius 1 is 1.08 bits per heavy atom. The molecule has 0 saturated heterocycles. The highest BCUT2D eigenvalue weighted by Gasteiger charge is 1.73. The molecule has 0 bridgehead atoms. The number of benzene rings is 1. The molecule has 0 aliphatic rings. The van der Waals surface area contributed by atoms with Crippen molar-refractivity contribution < 1.29 is 0 Å². The van der Waals surface area contributed by atoms with Gasteiger partial charge in [-0.2, -0.15) is 0 Å². The number of hydrogen-bond acceptors (Lipinski definition) is 1. The van der Waals surface area contributed by atoms with E-state index in [0.29, 0.717) is 0 Å². The summed E-state index contributed by atoms with van der Waals surface area (Å²) >= 11 is 0. The van der Waals surface area contributed by atoms with Crippen LogP contribution in [0.4, 0.5) is 0 Å². The summed E-state index contributed by atoms with van der Waals surface area (Å²) in [4.78, 5) is 6.66. The zero-order chi connectivity index (χ0) is 9.52. The molecular weight excluding hydrogens is 160 g/mol. The minimum absolute atomic E-state index is 1.11. The van der Waals surface area contributed by atoms with Crippen molar-refractivity contribution in [3.63, 3.8) is 0 Å². The fraction of sp³-hybridized carbons (Fsp3) is 0.182. The molecular formula is C11H14N2. The van der Waals surface area contributed by atoms with Crippen molar-refractivity contribution in [1.82, 2.24) is 9.97 Å². The zero-order valence-corrected chi connectivity index (χ0v) is 7.99. The van der Waals surface area contributed by atoms with Crippen LogP contribution in [0.3, 0.4) is 0 Å². The molecule has 0 radical (unpaired) electrons. The Hall–Kier alpha value is -1.57. The van der Waals surface area contributed by atoms with Gasteiger partial charge in [0.25, 0.3) is 0 Å². The first-order valence-corrected chi connectivity index (χ1v) is 4.25. The Morgan fingerprint density at radius 3 is 2.00 bits per heavy atom. The lowest BCUT2D eigenvalue weighted by Crippen LogP contribution is -1.62. The molecule has 1 aromatic heterocycles. The topological polar surface area (TPSA) is 28.7 Å². The maximum atomic E-state index is 3.77. The Kier molecular flexibility index (Phi) is 3.76. The van der Waals surface area contributed by atoms with Crippen LogP contribution in [-0.2, 0) is 0 Å². The van der Waals surface area contributed by atoms with Gasteiger partial charge in [-0.15, -0.1) is 0 Å². The molecule has 68 valence electrons. The maximum Gasteiger partial charge on any atom is 0.0921 e. The molecule has 0 fully saturated rings. The van der Waals surface area contributed by atoms with E-state index in [1.807, 2.05) is 25.1 Å². The largest absolute Gasteiger partial charge is 0.349 e. The number of aromatic nitrogens is 2. The Balaban J connectivity index is 0.000000132. The minimum Gasteiger partial charge on any atom is -0.349 e. The number of nitrogens with zero attached hydrogens (tertiary/aromatic N) is 1. The summed E-state index contributed by atoms with van der Waals surface area (Å²) in [7, 11) is 0. The van der Waals surface area contributed by atoms with Gasteiger partial charge in [0.2, 0.25) is 0 Å². The summed E-state index contributed by atoms with van der Waals surface area (Å²) in [6.07, 6.45) is 3.44. The molecule has 0 amide bonds. The molecule has 1 aromatic carbocycles. The van der Waals surface area contributed by atoms with E-state index in [2.05, 4.69) is 29.0 Å². The Morgan fingerprint density at radius 2 is 1.77 bits per heavy atom. The van der Waals surface area contributed by atoms with E-state index < -0.39 is 0 Å². The van der Waals surface area contributed by atoms with E-state index in [1.165, 1.54) is 5.56 Å². The van der Waals surface area contributed by atoms with Crippen molar-refractivity contribution in [3.05, 3.63) is 54.1 Å². The van der Waals surface area contributed by atoms with Crippen LogP contribution in [0.2, 0.25) is 0 Å². The van der Waals surface area contributed by atoms with Gasteiger partial charge in [0.15, 0.2) is 0 Å². The van der Waals surface area contributed by atoms with E-state index in [0.717, 1.165) is 5.69 Å². The average molecular weight is 174 g/mol. The first-order valence-electron chi connectivity index (χ1n) is 4.25. The van der Waals surface area contributed by atoms with Crippen LogP contribution in [0.15, 0.2) is 42.9 Å². The molecule has 0 atom stereocenters. The summed E-state index contributed by atoms with van der Waals surface area (Å²) in [6.45, 7) is 4.05. The number of aryl methyl sites for hydroxylation is 2. The van der Waals surface area contributed by atoms with E-state index in [9.17, 15) is 0 Å². The second kappa shape index (κ2) is 5.14. The molecule has 2 nitrogen and oxygen atoms in total. The minimum atomic E-state index is 1.11. The third-order valence-electron chi connectivity index (χ3n) is 1.58. The second-order valence-electron chi connectivity index (χ2n) is 2.89. The van der Waals surface area contributed by atoms with Gasteiger partial charge in [-0.3, -0.25) is 0 Å². The predicted octanol–water partition coefficient (Wildman–Crippen LogP) is 2.71. The normalized spacial score (nSPS) is 8.77. The van der Waals surface area contributed by atoms with Crippen molar-refractivity contribution in [3.8, 4) is 0 Å². The molecule has 13 heavy (non-hydrogen) atoms. The van der Waals surface area contributed by atoms with Crippen molar-refractivity contribution in [2.75, 3.05) is 0 Å². The van der Waals surface area contributed by atoms with Gasteiger partial charge in [-0.1, -0.05) is 35.9 Å². The lowest BCUT2D eigenvalue weighted by molar-refractivity contribution is 1.25. The van der Waals surface area contributed by atoms with Gasteiger partial charge in [-0.25, -0.2) is 4.98 Å². The number of rotatable bonds is 0. The Labute approximate surface area is 78.7 Å². The van der Waals surface area contributed by atoms with Crippen molar-refractivity contribution in [2.24, 2.45) is 0 Å². The standard InChI is InChI=1S/C7H8.C4H6N2/c1-7-5-3-2-4-6-7;1-4-2-5-3-6-4/h2-6H,1H3;2-3H,1H3,(H,5,6). The quantitative estimate of drug-likeness (QED) is 0.653. The van der Waals surface area contributed by atoms with Gasteiger partial charge in [0.05, 0.1) is 6.33 Å². The van der Waals surface area contributed by atoms with Crippen molar-refractivity contribution >= 4 is 0 Å². The maximum absolute atomic E-state index is 3.77. The highest BCUT2D eigenvalue weighted by molar-refractivity contribution is 5.11. The Bertz CT molecular complexity index is 311. The third kappa shape index (κ3) is 4.11. The SMILES string of the molecule is Cc1ccccc1.Cc1cnc[nH]1. The van der Waals surface area contributed by atoms with E-state index in [4.69, 9.17) is 0 Å². The number of nitrogens with one attached hydrogen (secondary N) is 1. The van der Waals surface area contributed by atoms with E-state index in [1.54, 1.807) is 12.5 Å². The number of hydrogen-bond donors (Lipinski definition) is 1. The fourth-order valence-corrected chi connectivity index (χ4v) is 0.860. The predicted molar refractivity (Wildman–Crippen MR) is 54.5 cm³/mol. The van der Waals surface area contributed by atoms with Gasteiger partial charge >= 0.3 is 0 Å². The summed E-state index contributed by atoms with van der Waals surface area (Å²) in [5.74, 6) is 0. The third-order valence-corrected chi connectivity index (χ3v) is 1.58. The summed E-state index contributed by atoms with van der Waals surface area (Å²) in [5, 5.41) is 0. The summed E-state index contributed by atoms with van der Waals surface area (Å²) < 4.78 is 0. The monoisotopic (exact) mass is 174 g/mol. The molecule has 0 aliphatic carbocycles. The van der Waals surface area contributed by atoms with Gasteiger partial charge < -0.3 is 4.98 Å². The number of H-pyrrole nitrogens is 1. The summed E-state index contributed by atoms with van der Waals surface area (Å²) in [6, 6.07) is 10.3. The fourth-order valence-electron chi connectivity index (χ4n) is 0.860. The number of imidazole rings is 1. The van der Waals surface area contributed by atoms with Crippen molar-refractivity contribution in [2.45, 2.75) is 13.8 Å². The lowest BCUT2D eigenvalue weighted by atomic mass is 10.2. The zero-order valence-electron chi connectivity index (χ0n) is 7.99. The highest BCUT2D eigenvalue weighted by atomic mass is 14.8. The van der Waals surface area contributed by atoms with Crippen LogP contribution < -0.4 is 0 Å². The molecule has 1 heterocycles. The first kappa shape index (κ1) is 9.52. The van der Waals surface area contributed by atoms with Crippen LogP contribution in [0.1, 0.15) is 11.3 Å². The van der Waals surface area contributed by atoms with Crippen LogP contribution in [0, 0.1) is 13.8 Å². The molecule has 2 rings (SSSR count). The smallest absolute Gasteiger partial charge is 0.0921 e. The molecule has 0 spiro atoms. The molecule has 2 heteroatoms. The highest BCUT2D eigenvalue weighted by Crippen LogP contribution is 1.92.